The Morgan fingerprint density at radius 1 is 1.33 bits per heavy atom. The van der Waals surface area contributed by atoms with Crippen LogP contribution in [0.15, 0.2) is 29.8 Å². The molecule has 3 aliphatic rings. The van der Waals surface area contributed by atoms with Crippen molar-refractivity contribution >= 4 is 6.09 Å². The molecule has 1 aromatic rings. The number of ether oxygens (including phenoxy) is 3. The second-order valence-corrected chi connectivity index (χ2v) is 11.5. The van der Waals surface area contributed by atoms with Gasteiger partial charge in [-0.3, -0.25) is 0 Å². The summed E-state index contributed by atoms with van der Waals surface area (Å²) in [5.74, 6) is 0.970. The van der Waals surface area contributed by atoms with Gasteiger partial charge in [0.05, 0.1) is 18.2 Å². The molecular weight excluding hydrogens is 418 g/mol. The van der Waals surface area contributed by atoms with Crippen LogP contribution in [0.4, 0.5) is 4.79 Å². The van der Waals surface area contributed by atoms with E-state index in [9.17, 15) is 9.90 Å². The first-order valence-electron chi connectivity index (χ1n) is 12.2. The predicted octanol–water partition coefficient (Wildman–Crippen LogP) is 6.14. The van der Waals surface area contributed by atoms with Crippen molar-refractivity contribution in [3.05, 3.63) is 35.4 Å². The van der Waals surface area contributed by atoms with Crippen molar-refractivity contribution in [2.45, 2.75) is 96.5 Å². The molecule has 0 unspecified atom stereocenters. The Morgan fingerprint density at radius 2 is 2.09 bits per heavy atom. The molecular formula is C27H39NO5. The van der Waals surface area contributed by atoms with Crippen molar-refractivity contribution < 1.29 is 24.1 Å². The maximum atomic E-state index is 13.1. The van der Waals surface area contributed by atoms with Gasteiger partial charge in [0.1, 0.15) is 22.7 Å². The molecule has 1 N–H and O–H groups in total. The lowest BCUT2D eigenvalue weighted by molar-refractivity contribution is -0.170. The van der Waals surface area contributed by atoms with Crippen molar-refractivity contribution in [2.75, 3.05) is 13.2 Å². The molecule has 0 aliphatic carbocycles. The van der Waals surface area contributed by atoms with Crippen LogP contribution in [0, 0.1) is 5.92 Å². The minimum absolute atomic E-state index is 0.0805. The monoisotopic (exact) mass is 457 g/mol. The van der Waals surface area contributed by atoms with Crippen LogP contribution in [0.25, 0.3) is 0 Å². The van der Waals surface area contributed by atoms with Crippen LogP contribution in [0.2, 0.25) is 0 Å². The van der Waals surface area contributed by atoms with Crippen molar-refractivity contribution in [1.82, 2.24) is 4.90 Å². The number of phenols is 1. The van der Waals surface area contributed by atoms with Gasteiger partial charge in [0.2, 0.25) is 0 Å². The first-order chi connectivity index (χ1) is 15.4. The van der Waals surface area contributed by atoms with E-state index in [2.05, 4.69) is 26.8 Å². The van der Waals surface area contributed by atoms with Crippen molar-refractivity contribution in [2.24, 2.45) is 5.92 Å². The third-order valence-electron chi connectivity index (χ3n) is 7.33. The fraction of sp³-hybridized carbons (Fsp3) is 0.667. The molecule has 1 amide bonds. The summed E-state index contributed by atoms with van der Waals surface area (Å²) in [7, 11) is 0. The number of aromatic hydroxyl groups is 1. The summed E-state index contributed by atoms with van der Waals surface area (Å²) >= 11 is 0. The lowest BCUT2D eigenvalue weighted by Gasteiger charge is -2.54. The summed E-state index contributed by atoms with van der Waals surface area (Å²) in [6, 6.07) is 5.30. The number of carbonyl (C=O) groups is 1. The van der Waals surface area contributed by atoms with Crippen molar-refractivity contribution in [3.63, 3.8) is 0 Å². The highest BCUT2D eigenvalue weighted by Gasteiger charge is 2.57. The van der Waals surface area contributed by atoms with Crippen LogP contribution >= 0.6 is 0 Å². The lowest BCUT2D eigenvalue weighted by Crippen LogP contribution is -2.60. The molecule has 2 saturated heterocycles. The molecule has 6 heteroatoms. The maximum Gasteiger partial charge on any atom is 0.410 e. The minimum Gasteiger partial charge on any atom is -0.508 e. The van der Waals surface area contributed by atoms with Crippen LogP contribution in [0.3, 0.4) is 0 Å². The first-order valence-corrected chi connectivity index (χ1v) is 12.2. The highest BCUT2D eigenvalue weighted by atomic mass is 16.6. The number of carbonyl (C=O) groups excluding carboxylic acids is 1. The zero-order valence-electron chi connectivity index (χ0n) is 20.9. The average Bonchev–Trinajstić information content (AvgIpc) is 3.09. The summed E-state index contributed by atoms with van der Waals surface area (Å²) in [6.45, 7) is 13.3. The van der Waals surface area contributed by atoms with E-state index >= 15 is 0 Å². The predicted molar refractivity (Wildman–Crippen MR) is 128 cm³/mol. The molecule has 0 radical (unpaired) electrons. The number of hydrogen-bond acceptors (Lipinski definition) is 5. The van der Waals surface area contributed by atoms with E-state index in [1.54, 1.807) is 12.1 Å². The number of allylic oxidation sites excluding steroid dienone is 2. The Morgan fingerprint density at radius 3 is 2.79 bits per heavy atom. The van der Waals surface area contributed by atoms with E-state index in [1.165, 1.54) is 5.57 Å². The normalized spacial score (nSPS) is 30.9. The van der Waals surface area contributed by atoms with Gasteiger partial charge in [0.15, 0.2) is 0 Å². The second kappa shape index (κ2) is 8.53. The molecule has 2 fully saturated rings. The summed E-state index contributed by atoms with van der Waals surface area (Å²) < 4.78 is 19.0. The fourth-order valence-electron chi connectivity index (χ4n) is 5.74. The SMILES string of the molecule is CC(C)=CCC[C@]1(C)Oc2cc(O)ccc2[C@H]2OC[C@@]3(CCCN3C(=O)OC(C)(C)C)C[C@@H]21. The molecule has 6 nitrogen and oxygen atoms in total. The molecule has 182 valence electrons. The molecule has 3 aliphatic heterocycles. The van der Waals surface area contributed by atoms with E-state index in [-0.39, 0.29) is 29.4 Å². The number of rotatable bonds is 3. The van der Waals surface area contributed by atoms with E-state index in [0.717, 1.165) is 37.7 Å². The average molecular weight is 458 g/mol. The minimum atomic E-state index is -0.535. The maximum absolute atomic E-state index is 13.1. The van der Waals surface area contributed by atoms with Gasteiger partial charge < -0.3 is 24.2 Å². The lowest BCUT2D eigenvalue weighted by atomic mass is 9.68. The van der Waals surface area contributed by atoms with Crippen molar-refractivity contribution in [1.29, 1.82) is 0 Å². The van der Waals surface area contributed by atoms with Crippen molar-refractivity contribution in [3.8, 4) is 11.5 Å². The Labute approximate surface area is 197 Å². The smallest absolute Gasteiger partial charge is 0.410 e. The Balaban J connectivity index is 1.66. The zero-order valence-corrected chi connectivity index (χ0v) is 20.9. The molecule has 3 heterocycles. The molecule has 4 atom stereocenters. The highest BCUT2D eigenvalue weighted by Crippen LogP contribution is 2.55. The number of fused-ring (bicyclic) bond motifs is 3. The molecule has 1 spiro atoms. The largest absolute Gasteiger partial charge is 0.508 e. The number of likely N-dealkylation sites (tertiary alicyclic amines) is 1. The van der Waals surface area contributed by atoms with Crippen LogP contribution < -0.4 is 4.74 Å². The van der Waals surface area contributed by atoms with Gasteiger partial charge in [-0.05, 0) is 85.8 Å². The van der Waals surface area contributed by atoms with E-state index < -0.39 is 11.2 Å². The molecule has 0 bridgehead atoms. The van der Waals surface area contributed by atoms with Gasteiger partial charge in [-0.15, -0.1) is 0 Å². The topological polar surface area (TPSA) is 68.2 Å². The highest BCUT2D eigenvalue weighted by molar-refractivity contribution is 5.70. The van der Waals surface area contributed by atoms with E-state index in [4.69, 9.17) is 14.2 Å². The third kappa shape index (κ3) is 4.72. The van der Waals surface area contributed by atoms with E-state index in [1.807, 2.05) is 31.7 Å². The molecule has 1 aromatic carbocycles. The Bertz CT molecular complexity index is 931. The summed E-state index contributed by atoms with van der Waals surface area (Å²) in [6.07, 6.45) is 6.25. The molecule has 4 rings (SSSR count). The van der Waals surface area contributed by atoms with Gasteiger partial charge >= 0.3 is 6.09 Å². The molecule has 33 heavy (non-hydrogen) atoms. The quantitative estimate of drug-likeness (QED) is 0.553. The summed E-state index contributed by atoms with van der Waals surface area (Å²) in [4.78, 5) is 15.0. The van der Waals surface area contributed by atoms with Gasteiger partial charge in [-0.2, -0.15) is 0 Å². The van der Waals surface area contributed by atoms with Gasteiger partial charge in [-0.25, -0.2) is 4.79 Å². The van der Waals surface area contributed by atoms with E-state index in [0.29, 0.717) is 18.9 Å². The summed E-state index contributed by atoms with van der Waals surface area (Å²) in [5.41, 5.74) is 0.875. The number of nitrogens with zero attached hydrogens (tertiary/aromatic N) is 1. The number of benzene rings is 1. The second-order valence-electron chi connectivity index (χ2n) is 11.5. The third-order valence-corrected chi connectivity index (χ3v) is 7.33. The van der Waals surface area contributed by atoms with Crippen LogP contribution in [0.5, 0.6) is 11.5 Å². The standard InChI is InChI=1S/C27H39NO5/c1-18(2)9-7-12-26(6)21-16-27(13-8-14-28(27)24(30)33-25(3,4)5)17-31-23(21)20-11-10-19(29)15-22(20)32-26/h9-11,15,21,23,29H,7-8,12-14,16-17H2,1-6H3/t21-,23+,26-,27+/m0/s1. The van der Waals surface area contributed by atoms with Crippen LogP contribution in [-0.2, 0) is 9.47 Å². The Hall–Kier alpha value is -2.21. The first kappa shape index (κ1) is 23.9. The van der Waals surface area contributed by atoms with Crippen LogP contribution in [-0.4, -0.2) is 46.0 Å². The Kier molecular flexibility index (Phi) is 6.19. The molecule has 0 aromatic heterocycles. The van der Waals surface area contributed by atoms with Gasteiger partial charge in [0, 0.05) is 24.1 Å². The summed E-state index contributed by atoms with van der Waals surface area (Å²) in [5, 5.41) is 10.1. The van der Waals surface area contributed by atoms with Crippen LogP contribution in [0.1, 0.15) is 85.3 Å². The molecule has 0 saturated carbocycles. The van der Waals surface area contributed by atoms with Gasteiger partial charge in [0.25, 0.3) is 0 Å². The fourth-order valence-corrected chi connectivity index (χ4v) is 5.74. The van der Waals surface area contributed by atoms with Gasteiger partial charge in [-0.1, -0.05) is 11.6 Å². The zero-order chi connectivity index (χ0) is 24.0. The number of hydrogen-bond donors (Lipinski definition) is 1. The number of phenolic OH excluding ortho intramolecular Hbond substituents is 1. The number of amides is 1.